The van der Waals surface area contributed by atoms with Crippen LogP contribution in [0.2, 0.25) is 0 Å². The van der Waals surface area contributed by atoms with Crippen LogP contribution in [-0.2, 0) is 9.53 Å². The first-order valence-corrected chi connectivity index (χ1v) is 8.63. The highest BCUT2D eigenvalue weighted by molar-refractivity contribution is 6.01. The molecule has 8 heteroatoms. The fraction of sp³-hybridized carbons (Fsp3) is 0.200. The largest absolute Gasteiger partial charge is 0.448 e. The number of amides is 3. The lowest BCUT2D eigenvalue weighted by Crippen LogP contribution is -2.45. The van der Waals surface area contributed by atoms with Crippen LogP contribution in [0.4, 0.5) is 4.79 Å². The highest BCUT2D eigenvalue weighted by Gasteiger charge is 2.28. The molecule has 3 amide bonds. The molecular formula is C20H19N3O5. The Bertz CT molecular complexity index is 1030. The van der Waals surface area contributed by atoms with Gasteiger partial charge in [-0.15, -0.1) is 0 Å². The lowest BCUT2D eigenvalue weighted by molar-refractivity contribution is -0.130. The summed E-state index contributed by atoms with van der Waals surface area (Å²) < 4.78 is 10.7. The van der Waals surface area contributed by atoms with Crippen molar-refractivity contribution in [1.82, 2.24) is 10.5 Å². The molecule has 3 aromatic rings. The van der Waals surface area contributed by atoms with E-state index in [-0.39, 0.29) is 11.5 Å². The van der Waals surface area contributed by atoms with E-state index in [4.69, 9.17) is 15.0 Å². The van der Waals surface area contributed by atoms with Gasteiger partial charge in [-0.2, -0.15) is 0 Å². The van der Waals surface area contributed by atoms with E-state index in [9.17, 15) is 14.4 Å². The molecule has 0 fully saturated rings. The maximum Gasteiger partial charge on any atom is 0.338 e. The van der Waals surface area contributed by atoms with Gasteiger partial charge in [-0.25, -0.2) is 9.59 Å². The third-order valence-corrected chi connectivity index (χ3v) is 4.09. The van der Waals surface area contributed by atoms with Crippen molar-refractivity contribution in [2.24, 2.45) is 11.7 Å². The van der Waals surface area contributed by atoms with Crippen LogP contribution in [-0.4, -0.2) is 29.2 Å². The Morgan fingerprint density at radius 2 is 1.82 bits per heavy atom. The second kappa shape index (κ2) is 7.91. The molecule has 1 heterocycles. The molecule has 0 bridgehead atoms. The van der Waals surface area contributed by atoms with Gasteiger partial charge in [-0.05, 0) is 24.1 Å². The number of fused-ring (bicyclic) bond motifs is 1. The minimum absolute atomic E-state index is 0.227. The first-order valence-electron chi connectivity index (χ1n) is 8.63. The molecule has 0 radical (unpaired) electrons. The third kappa shape index (κ3) is 4.01. The SMILES string of the molecule is CC(C)[C@H](OC(=O)c1ccc2noc(-c3ccccc3)c2c1)C(=O)NC(N)=O. The van der Waals surface area contributed by atoms with Gasteiger partial charge in [0.1, 0.15) is 5.52 Å². The van der Waals surface area contributed by atoms with Gasteiger partial charge in [0.05, 0.1) is 10.9 Å². The lowest BCUT2D eigenvalue weighted by atomic mass is 10.1. The van der Waals surface area contributed by atoms with Crippen molar-refractivity contribution in [1.29, 1.82) is 0 Å². The lowest BCUT2D eigenvalue weighted by Gasteiger charge is -2.19. The number of hydrogen-bond donors (Lipinski definition) is 2. The van der Waals surface area contributed by atoms with Crippen molar-refractivity contribution >= 4 is 28.8 Å². The summed E-state index contributed by atoms with van der Waals surface area (Å²) in [5.41, 5.74) is 6.60. The van der Waals surface area contributed by atoms with Gasteiger partial charge < -0.3 is 15.0 Å². The summed E-state index contributed by atoms with van der Waals surface area (Å²) in [6, 6.07) is 13.1. The van der Waals surface area contributed by atoms with Gasteiger partial charge in [-0.3, -0.25) is 10.1 Å². The monoisotopic (exact) mass is 381 g/mol. The first kappa shape index (κ1) is 19.1. The number of nitrogens with zero attached hydrogens (tertiary/aromatic N) is 1. The van der Waals surface area contributed by atoms with Crippen LogP contribution in [0.3, 0.4) is 0 Å². The molecule has 3 rings (SSSR count). The summed E-state index contributed by atoms with van der Waals surface area (Å²) in [5, 5.41) is 6.58. The number of hydrogen-bond acceptors (Lipinski definition) is 6. The Morgan fingerprint density at radius 1 is 1.11 bits per heavy atom. The van der Waals surface area contributed by atoms with E-state index in [1.165, 1.54) is 6.07 Å². The number of imide groups is 1. The molecule has 8 nitrogen and oxygen atoms in total. The smallest absolute Gasteiger partial charge is 0.338 e. The van der Waals surface area contributed by atoms with E-state index >= 15 is 0 Å². The van der Waals surface area contributed by atoms with E-state index in [2.05, 4.69) is 5.16 Å². The fourth-order valence-electron chi connectivity index (χ4n) is 2.73. The Hall–Kier alpha value is -3.68. The quantitative estimate of drug-likeness (QED) is 0.655. The minimum atomic E-state index is -1.16. The van der Waals surface area contributed by atoms with Crippen molar-refractivity contribution in [3.8, 4) is 11.3 Å². The molecule has 0 spiro atoms. The summed E-state index contributed by atoms with van der Waals surface area (Å²) in [7, 11) is 0. The Kier molecular flexibility index (Phi) is 5.39. The highest BCUT2D eigenvalue weighted by atomic mass is 16.5. The molecule has 0 unspecified atom stereocenters. The number of esters is 1. The molecule has 28 heavy (non-hydrogen) atoms. The third-order valence-electron chi connectivity index (χ3n) is 4.09. The van der Waals surface area contributed by atoms with Crippen molar-refractivity contribution < 1.29 is 23.6 Å². The van der Waals surface area contributed by atoms with Crippen molar-refractivity contribution in [3.05, 3.63) is 54.1 Å². The number of carbonyl (C=O) groups excluding carboxylic acids is 3. The Morgan fingerprint density at radius 3 is 2.46 bits per heavy atom. The molecule has 0 aliphatic carbocycles. The number of primary amides is 1. The number of carbonyl (C=O) groups is 3. The molecule has 0 saturated heterocycles. The van der Waals surface area contributed by atoms with Gasteiger partial charge in [-0.1, -0.05) is 49.3 Å². The normalized spacial score (nSPS) is 12.0. The maximum absolute atomic E-state index is 12.6. The number of nitrogens with one attached hydrogen (secondary N) is 1. The molecule has 0 aliphatic rings. The highest BCUT2D eigenvalue weighted by Crippen LogP contribution is 2.29. The van der Waals surface area contributed by atoms with Crippen LogP contribution >= 0.6 is 0 Å². The molecule has 144 valence electrons. The summed E-state index contributed by atoms with van der Waals surface area (Å²) in [6.45, 7) is 3.38. The molecule has 0 aliphatic heterocycles. The van der Waals surface area contributed by atoms with Gasteiger partial charge in [0.25, 0.3) is 5.91 Å². The number of rotatable bonds is 5. The van der Waals surface area contributed by atoms with Crippen LogP contribution in [0, 0.1) is 5.92 Å². The fourth-order valence-corrected chi connectivity index (χ4v) is 2.73. The van der Waals surface area contributed by atoms with Gasteiger partial charge >= 0.3 is 12.0 Å². The van der Waals surface area contributed by atoms with Crippen LogP contribution < -0.4 is 11.1 Å². The van der Waals surface area contributed by atoms with E-state index in [1.807, 2.05) is 35.6 Å². The van der Waals surface area contributed by atoms with E-state index in [0.29, 0.717) is 16.7 Å². The zero-order chi connectivity index (χ0) is 20.3. The number of ether oxygens (including phenoxy) is 1. The number of aromatic nitrogens is 1. The molecule has 1 atom stereocenters. The van der Waals surface area contributed by atoms with Crippen LogP contribution in [0.25, 0.3) is 22.2 Å². The predicted octanol–water partition coefficient (Wildman–Crippen LogP) is 2.87. The Labute approximate surface area is 160 Å². The predicted molar refractivity (Wildman–Crippen MR) is 101 cm³/mol. The van der Waals surface area contributed by atoms with Crippen LogP contribution in [0.15, 0.2) is 53.1 Å². The first-order chi connectivity index (χ1) is 13.4. The Balaban J connectivity index is 1.89. The summed E-state index contributed by atoms with van der Waals surface area (Å²) in [4.78, 5) is 35.6. The average molecular weight is 381 g/mol. The molecular weight excluding hydrogens is 362 g/mol. The minimum Gasteiger partial charge on any atom is -0.448 e. The van der Waals surface area contributed by atoms with Gasteiger partial charge in [0.2, 0.25) is 0 Å². The topological polar surface area (TPSA) is 125 Å². The molecule has 1 aromatic heterocycles. The van der Waals surface area contributed by atoms with Crippen LogP contribution in [0.1, 0.15) is 24.2 Å². The molecule has 3 N–H and O–H groups in total. The van der Waals surface area contributed by atoms with Crippen molar-refractivity contribution in [3.63, 3.8) is 0 Å². The molecule has 0 saturated carbocycles. The summed E-state index contributed by atoms with van der Waals surface area (Å²) in [6.07, 6.45) is -1.16. The zero-order valence-electron chi connectivity index (χ0n) is 15.3. The number of benzene rings is 2. The standard InChI is InChI=1S/C20H19N3O5/c1-11(2)16(18(24)22-20(21)26)27-19(25)13-8-9-15-14(10-13)17(28-23-15)12-6-4-3-5-7-12/h3-11,16H,1-2H3,(H3,21,22,24,26)/t16-/m0/s1. The zero-order valence-corrected chi connectivity index (χ0v) is 15.3. The second-order valence-corrected chi connectivity index (χ2v) is 6.53. The maximum atomic E-state index is 12.6. The number of urea groups is 1. The summed E-state index contributed by atoms with van der Waals surface area (Å²) >= 11 is 0. The van der Waals surface area contributed by atoms with E-state index in [1.54, 1.807) is 26.0 Å². The van der Waals surface area contributed by atoms with E-state index < -0.39 is 24.0 Å². The molecule has 2 aromatic carbocycles. The van der Waals surface area contributed by atoms with Gasteiger partial charge in [0.15, 0.2) is 11.9 Å². The van der Waals surface area contributed by atoms with Crippen molar-refractivity contribution in [2.45, 2.75) is 20.0 Å². The van der Waals surface area contributed by atoms with Crippen molar-refractivity contribution in [2.75, 3.05) is 0 Å². The van der Waals surface area contributed by atoms with Crippen LogP contribution in [0.5, 0.6) is 0 Å². The number of nitrogens with two attached hydrogens (primary N) is 1. The van der Waals surface area contributed by atoms with Gasteiger partial charge in [0, 0.05) is 5.56 Å². The summed E-state index contributed by atoms with van der Waals surface area (Å²) in [5.74, 6) is -1.31. The van der Waals surface area contributed by atoms with E-state index in [0.717, 1.165) is 5.56 Å². The second-order valence-electron chi connectivity index (χ2n) is 6.53. The average Bonchev–Trinajstić information content (AvgIpc) is 3.08.